The molecule has 6 nitrogen and oxygen atoms in total. The Labute approximate surface area is 120 Å². The average Bonchev–Trinajstić information content (AvgIpc) is 2.41. The molecule has 0 unspecified atom stereocenters. The highest BCUT2D eigenvalue weighted by molar-refractivity contribution is 6.29. The molecule has 0 radical (unpaired) electrons. The number of carbonyl (C=O) groups is 2. The van der Waals surface area contributed by atoms with Crippen molar-refractivity contribution in [2.45, 2.75) is 6.92 Å². The molecule has 0 saturated heterocycles. The Kier molecular flexibility index (Phi) is 3.95. The molecule has 0 aliphatic heterocycles. The SMILES string of the molecule is Cc1c(NC(=O)c2cnc(Cl)cn2)cccc1C(N)=O. The van der Waals surface area contributed by atoms with Crippen LogP contribution < -0.4 is 11.1 Å². The van der Waals surface area contributed by atoms with Crippen molar-refractivity contribution < 1.29 is 9.59 Å². The van der Waals surface area contributed by atoms with Gasteiger partial charge in [0.25, 0.3) is 5.91 Å². The standard InChI is InChI=1S/C13H11ClN4O2/c1-7-8(12(15)19)3-2-4-9(7)18-13(20)10-5-17-11(14)6-16-10/h2-6H,1H3,(H2,15,19)(H,18,20). The monoisotopic (exact) mass is 290 g/mol. The molecule has 0 atom stereocenters. The molecule has 1 aromatic heterocycles. The van der Waals surface area contributed by atoms with Gasteiger partial charge < -0.3 is 11.1 Å². The first-order valence-electron chi connectivity index (χ1n) is 5.67. The molecule has 1 heterocycles. The van der Waals surface area contributed by atoms with Crippen molar-refractivity contribution in [3.63, 3.8) is 0 Å². The maximum Gasteiger partial charge on any atom is 0.275 e. The lowest BCUT2D eigenvalue weighted by atomic mass is 10.1. The molecule has 2 amide bonds. The van der Waals surface area contributed by atoms with Gasteiger partial charge in [0.15, 0.2) is 0 Å². The van der Waals surface area contributed by atoms with Gasteiger partial charge in [-0.05, 0) is 24.6 Å². The van der Waals surface area contributed by atoms with Crippen molar-refractivity contribution in [1.29, 1.82) is 0 Å². The van der Waals surface area contributed by atoms with E-state index in [2.05, 4.69) is 15.3 Å². The van der Waals surface area contributed by atoms with Gasteiger partial charge in [-0.2, -0.15) is 0 Å². The third-order valence-corrected chi connectivity index (χ3v) is 2.90. The Bertz CT molecular complexity index is 671. The summed E-state index contributed by atoms with van der Waals surface area (Å²) in [5.74, 6) is -0.997. The molecule has 0 spiro atoms. The van der Waals surface area contributed by atoms with Gasteiger partial charge in [-0.15, -0.1) is 0 Å². The first-order chi connectivity index (χ1) is 9.49. The van der Waals surface area contributed by atoms with Crippen LogP contribution in [0.25, 0.3) is 0 Å². The minimum atomic E-state index is -0.551. The second-order valence-electron chi connectivity index (χ2n) is 4.02. The first kappa shape index (κ1) is 14.0. The van der Waals surface area contributed by atoms with Gasteiger partial charge in [-0.25, -0.2) is 9.97 Å². The summed E-state index contributed by atoms with van der Waals surface area (Å²) in [6.07, 6.45) is 2.55. The Morgan fingerprint density at radius 2 is 2.00 bits per heavy atom. The molecule has 2 rings (SSSR count). The zero-order valence-corrected chi connectivity index (χ0v) is 11.3. The zero-order valence-electron chi connectivity index (χ0n) is 10.6. The van der Waals surface area contributed by atoms with Crippen LogP contribution in [0.3, 0.4) is 0 Å². The summed E-state index contributed by atoms with van der Waals surface area (Å²) in [7, 11) is 0. The van der Waals surface area contributed by atoms with E-state index in [1.165, 1.54) is 12.4 Å². The van der Waals surface area contributed by atoms with E-state index in [0.29, 0.717) is 16.8 Å². The Balaban J connectivity index is 2.26. The smallest absolute Gasteiger partial charge is 0.275 e. The van der Waals surface area contributed by atoms with Crippen LogP contribution in [0.4, 0.5) is 5.69 Å². The van der Waals surface area contributed by atoms with Crippen LogP contribution in [-0.2, 0) is 0 Å². The largest absolute Gasteiger partial charge is 0.366 e. The lowest BCUT2D eigenvalue weighted by Gasteiger charge is -2.10. The average molecular weight is 291 g/mol. The maximum absolute atomic E-state index is 12.0. The molecule has 20 heavy (non-hydrogen) atoms. The van der Waals surface area contributed by atoms with E-state index in [-0.39, 0.29) is 10.8 Å². The molecular formula is C13H11ClN4O2. The molecule has 0 saturated carbocycles. The summed E-state index contributed by atoms with van der Waals surface area (Å²) >= 11 is 5.60. The van der Waals surface area contributed by atoms with Crippen LogP contribution >= 0.6 is 11.6 Å². The first-order valence-corrected chi connectivity index (χ1v) is 6.05. The summed E-state index contributed by atoms with van der Waals surface area (Å²) in [6.45, 7) is 1.70. The molecule has 0 bridgehead atoms. The van der Waals surface area contributed by atoms with E-state index in [4.69, 9.17) is 17.3 Å². The molecule has 3 N–H and O–H groups in total. The zero-order chi connectivity index (χ0) is 14.7. The van der Waals surface area contributed by atoms with Crippen molar-refractivity contribution >= 4 is 29.1 Å². The highest BCUT2D eigenvalue weighted by Gasteiger charge is 2.13. The Morgan fingerprint density at radius 1 is 1.25 bits per heavy atom. The number of halogens is 1. The highest BCUT2D eigenvalue weighted by atomic mass is 35.5. The molecule has 1 aromatic carbocycles. The second kappa shape index (κ2) is 5.66. The lowest BCUT2D eigenvalue weighted by molar-refractivity contribution is 0.0994. The van der Waals surface area contributed by atoms with E-state index in [1.807, 2.05) is 0 Å². The van der Waals surface area contributed by atoms with Gasteiger partial charge in [0.2, 0.25) is 5.91 Å². The van der Waals surface area contributed by atoms with E-state index >= 15 is 0 Å². The predicted octanol–water partition coefficient (Wildman–Crippen LogP) is 1.79. The number of hydrogen-bond donors (Lipinski definition) is 2. The van der Waals surface area contributed by atoms with E-state index in [9.17, 15) is 9.59 Å². The Morgan fingerprint density at radius 3 is 2.60 bits per heavy atom. The number of benzene rings is 1. The molecule has 2 aromatic rings. The highest BCUT2D eigenvalue weighted by Crippen LogP contribution is 2.19. The van der Waals surface area contributed by atoms with Crippen molar-refractivity contribution in [3.8, 4) is 0 Å². The number of carbonyl (C=O) groups excluding carboxylic acids is 2. The van der Waals surface area contributed by atoms with Gasteiger partial charge in [-0.1, -0.05) is 17.7 Å². The summed E-state index contributed by atoms with van der Waals surface area (Å²) in [6, 6.07) is 4.90. The van der Waals surface area contributed by atoms with Gasteiger partial charge in [0, 0.05) is 11.3 Å². The van der Waals surface area contributed by atoms with Crippen molar-refractivity contribution in [2.75, 3.05) is 5.32 Å². The van der Waals surface area contributed by atoms with Crippen LogP contribution in [0.2, 0.25) is 5.15 Å². The van der Waals surface area contributed by atoms with E-state index < -0.39 is 11.8 Å². The minimum absolute atomic E-state index is 0.123. The summed E-state index contributed by atoms with van der Waals surface area (Å²) in [4.78, 5) is 30.9. The van der Waals surface area contributed by atoms with E-state index in [0.717, 1.165) is 0 Å². The molecular weight excluding hydrogens is 280 g/mol. The predicted molar refractivity (Wildman–Crippen MR) is 74.7 cm³/mol. The number of hydrogen-bond acceptors (Lipinski definition) is 4. The topological polar surface area (TPSA) is 98.0 Å². The molecule has 7 heteroatoms. The molecule has 0 fully saturated rings. The van der Waals surface area contributed by atoms with Crippen LogP contribution in [0.5, 0.6) is 0 Å². The van der Waals surface area contributed by atoms with Gasteiger partial charge in [-0.3, -0.25) is 9.59 Å². The molecule has 102 valence electrons. The number of nitrogens with two attached hydrogens (primary N) is 1. The fraction of sp³-hybridized carbons (Fsp3) is 0.0769. The van der Waals surface area contributed by atoms with Crippen LogP contribution in [0.1, 0.15) is 26.4 Å². The fourth-order valence-electron chi connectivity index (χ4n) is 1.65. The normalized spacial score (nSPS) is 10.1. The minimum Gasteiger partial charge on any atom is -0.366 e. The summed E-state index contributed by atoms with van der Waals surface area (Å²) in [5.41, 5.74) is 6.81. The number of anilines is 1. The number of rotatable bonds is 3. The third-order valence-electron chi connectivity index (χ3n) is 2.70. The van der Waals surface area contributed by atoms with Crippen molar-refractivity contribution in [3.05, 3.63) is 52.6 Å². The summed E-state index contributed by atoms with van der Waals surface area (Å²) < 4.78 is 0. The fourth-order valence-corrected chi connectivity index (χ4v) is 1.75. The quantitative estimate of drug-likeness (QED) is 0.900. The Hall–Kier alpha value is -2.47. The van der Waals surface area contributed by atoms with Crippen molar-refractivity contribution in [1.82, 2.24) is 9.97 Å². The number of amides is 2. The maximum atomic E-state index is 12.0. The second-order valence-corrected chi connectivity index (χ2v) is 4.41. The molecule has 0 aliphatic carbocycles. The van der Waals surface area contributed by atoms with Gasteiger partial charge >= 0.3 is 0 Å². The van der Waals surface area contributed by atoms with Gasteiger partial charge in [0.05, 0.1) is 12.4 Å². The number of nitrogens with zero attached hydrogens (tertiary/aromatic N) is 2. The van der Waals surface area contributed by atoms with E-state index in [1.54, 1.807) is 25.1 Å². The third kappa shape index (κ3) is 2.92. The number of primary amides is 1. The van der Waals surface area contributed by atoms with Crippen LogP contribution in [-0.4, -0.2) is 21.8 Å². The van der Waals surface area contributed by atoms with Crippen LogP contribution in [0.15, 0.2) is 30.6 Å². The van der Waals surface area contributed by atoms with Gasteiger partial charge in [0.1, 0.15) is 10.8 Å². The number of nitrogens with one attached hydrogen (secondary N) is 1. The van der Waals surface area contributed by atoms with Crippen molar-refractivity contribution in [2.24, 2.45) is 5.73 Å². The van der Waals surface area contributed by atoms with Crippen LogP contribution in [0, 0.1) is 6.92 Å². The lowest BCUT2D eigenvalue weighted by Crippen LogP contribution is -2.17. The summed E-state index contributed by atoms with van der Waals surface area (Å²) in [5, 5.41) is 2.85. The molecule has 0 aliphatic rings. The number of aromatic nitrogens is 2.